The number of nitrogens with one attached hydrogen (secondary N) is 1. The molecule has 0 amide bonds. The highest BCUT2D eigenvalue weighted by Gasteiger charge is 2.15. The molecule has 0 aliphatic rings. The van der Waals surface area contributed by atoms with Crippen LogP contribution in [0.25, 0.3) is 0 Å². The molecule has 30 heavy (non-hydrogen) atoms. The van der Waals surface area contributed by atoms with Gasteiger partial charge in [-0.25, -0.2) is 17.9 Å². The van der Waals surface area contributed by atoms with Crippen LogP contribution in [0, 0.1) is 11.3 Å². The lowest BCUT2D eigenvalue weighted by Crippen LogP contribution is -2.26. The zero-order valence-corrected chi connectivity index (χ0v) is 16.4. The molecule has 0 unspecified atom stereocenters. The zero-order chi connectivity index (χ0) is 22.1. The third-order valence-electron chi connectivity index (χ3n) is 3.80. The van der Waals surface area contributed by atoms with Crippen LogP contribution in [0.15, 0.2) is 47.4 Å². The van der Waals surface area contributed by atoms with E-state index in [1.165, 1.54) is 36.4 Å². The third-order valence-corrected chi connectivity index (χ3v) is 5.27. The van der Waals surface area contributed by atoms with Crippen molar-refractivity contribution in [2.45, 2.75) is 17.7 Å². The van der Waals surface area contributed by atoms with Crippen LogP contribution >= 0.6 is 0 Å². The summed E-state index contributed by atoms with van der Waals surface area (Å²) in [6.07, 6.45) is -0.130. The maximum Gasteiger partial charge on any atom is 0.334 e. The van der Waals surface area contributed by atoms with Gasteiger partial charge in [0.1, 0.15) is 0 Å². The highest BCUT2D eigenvalue weighted by Crippen LogP contribution is 2.22. The number of benzene rings is 2. The summed E-state index contributed by atoms with van der Waals surface area (Å²) in [6, 6.07) is 11.9. The summed E-state index contributed by atoms with van der Waals surface area (Å²) in [5.74, 6) is -2.32. The lowest BCUT2D eigenvalue weighted by atomic mass is 10.0. The quantitative estimate of drug-likeness (QED) is 0.347. The van der Waals surface area contributed by atoms with Crippen molar-refractivity contribution < 1.29 is 38.0 Å². The van der Waals surface area contributed by atoms with Crippen molar-refractivity contribution in [3.05, 3.63) is 59.2 Å². The van der Waals surface area contributed by atoms with Gasteiger partial charge in [0.25, 0.3) is 0 Å². The predicted molar refractivity (Wildman–Crippen MR) is 102 cm³/mol. The average molecular weight is 434 g/mol. The molecular weight excluding hydrogens is 416 g/mol. The topological polar surface area (TPSA) is 163 Å². The molecule has 2 aromatic rings. The molecule has 0 heterocycles. The van der Waals surface area contributed by atoms with Crippen molar-refractivity contribution in [1.82, 2.24) is 4.72 Å². The summed E-state index contributed by atoms with van der Waals surface area (Å²) >= 11 is 0. The van der Waals surface area contributed by atoms with Gasteiger partial charge in [0.05, 0.1) is 22.9 Å². The van der Waals surface area contributed by atoms with Crippen molar-refractivity contribution in [3.63, 3.8) is 0 Å². The normalized spacial score (nSPS) is 10.9. The largest absolute Gasteiger partial charge is 0.481 e. The first-order valence-electron chi connectivity index (χ1n) is 8.56. The first-order chi connectivity index (χ1) is 14.2. The molecule has 0 bridgehead atoms. The molecule has 0 aliphatic heterocycles. The lowest BCUT2D eigenvalue weighted by molar-refractivity contribution is -0.214. The van der Waals surface area contributed by atoms with Crippen LogP contribution in [0.1, 0.15) is 16.7 Å². The first kappa shape index (κ1) is 22.8. The molecule has 0 aliphatic carbocycles. The van der Waals surface area contributed by atoms with Gasteiger partial charge in [-0.05, 0) is 42.3 Å². The Morgan fingerprint density at radius 3 is 2.37 bits per heavy atom. The number of sulfonamides is 1. The highest BCUT2D eigenvalue weighted by atomic mass is 32.2. The fraction of sp³-hybridized carbons (Fsp3) is 0.211. The molecular formula is C19H18N2O8S. The van der Waals surface area contributed by atoms with E-state index in [0.29, 0.717) is 11.1 Å². The van der Waals surface area contributed by atoms with Crippen molar-refractivity contribution in [3.8, 4) is 11.8 Å². The Balaban J connectivity index is 2.03. The fourth-order valence-electron chi connectivity index (χ4n) is 2.44. The van der Waals surface area contributed by atoms with Gasteiger partial charge in [-0.15, -0.1) is 0 Å². The molecule has 2 rings (SSSR count). The SMILES string of the molecule is N#Cc1ccc(S(=O)(=O)NCCc2ccc(OOCC(=O)O)c(CC(=O)O)c2)cc1. The zero-order valence-electron chi connectivity index (χ0n) is 15.6. The molecule has 0 saturated heterocycles. The summed E-state index contributed by atoms with van der Waals surface area (Å²) in [4.78, 5) is 30.9. The smallest absolute Gasteiger partial charge is 0.334 e. The number of nitriles is 1. The minimum absolute atomic E-state index is 0.0207. The number of carboxylic acid groups (broad SMARTS) is 2. The second-order valence-corrected chi connectivity index (χ2v) is 7.80. The maximum absolute atomic E-state index is 12.3. The first-order valence-corrected chi connectivity index (χ1v) is 10.0. The summed E-state index contributed by atoms with van der Waals surface area (Å²) in [5.41, 5.74) is 1.23. The van der Waals surface area contributed by atoms with E-state index < -0.39 is 35.0 Å². The Hall–Kier alpha value is -3.46. The maximum atomic E-state index is 12.3. The predicted octanol–water partition coefficient (Wildman–Crippen LogP) is 1.10. The standard InChI is InChI=1S/C19H18N2O8S/c20-11-14-1-4-16(5-2-14)30(26,27)21-8-7-13-3-6-17(29-28-12-19(24)25)15(9-13)10-18(22)23/h1-6,9,21H,7-8,10,12H2,(H,22,23)(H,24,25). The second-order valence-electron chi connectivity index (χ2n) is 6.04. The van der Waals surface area contributed by atoms with E-state index >= 15 is 0 Å². The number of nitrogens with zero attached hydrogens (tertiary/aromatic N) is 1. The molecule has 0 aromatic heterocycles. The Kier molecular flexibility index (Phi) is 7.88. The van der Waals surface area contributed by atoms with Gasteiger partial charge in [0, 0.05) is 12.1 Å². The van der Waals surface area contributed by atoms with Gasteiger partial charge >= 0.3 is 11.9 Å². The lowest BCUT2D eigenvalue weighted by Gasteiger charge is -2.11. The van der Waals surface area contributed by atoms with E-state index in [1.54, 1.807) is 6.07 Å². The van der Waals surface area contributed by atoms with E-state index in [1.807, 2.05) is 6.07 Å². The molecule has 10 nitrogen and oxygen atoms in total. The number of aliphatic carboxylic acids is 2. The van der Waals surface area contributed by atoms with E-state index in [9.17, 15) is 18.0 Å². The molecule has 0 radical (unpaired) electrons. The van der Waals surface area contributed by atoms with E-state index in [4.69, 9.17) is 20.4 Å². The van der Waals surface area contributed by atoms with Crippen LogP contribution in [-0.4, -0.2) is 43.7 Å². The van der Waals surface area contributed by atoms with E-state index in [2.05, 4.69) is 9.61 Å². The number of hydrogen-bond acceptors (Lipinski definition) is 7. The van der Waals surface area contributed by atoms with Crippen LogP contribution in [-0.2, 0) is 37.3 Å². The molecule has 2 aromatic carbocycles. The molecule has 11 heteroatoms. The van der Waals surface area contributed by atoms with Crippen LogP contribution < -0.4 is 9.61 Å². The average Bonchev–Trinajstić information content (AvgIpc) is 2.69. The molecule has 0 atom stereocenters. The number of carbonyl (C=O) groups is 2. The third kappa shape index (κ3) is 6.85. The highest BCUT2D eigenvalue weighted by molar-refractivity contribution is 7.89. The Morgan fingerprint density at radius 2 is 1.77 bits per heavy atom. The number of carboxylic acids is 2. The van der Waals surface area contributed by atoms with Gasteiger partial charge in [-0.1, -0.05) is 12.1 Å². The van der Waals surface area contributed by atoms with Crippen LogP contribution in [0.3, 0.4) is 0 Å². The Bertz CT molecular complexity index is 1060. The summed E-state index contributed by atoms with van der Waals surface area (Å²) in [7, 11) is -3.77. The van der Waals surface area contributed by atoms with Gasteiger partial charge in [-0.3, -0.25) is 4.79 Å². The fourth-order valence-corrected chi connectivity index (χ4v) is 3.47. The molecule has 3 N–H and O–H groups in total. The van der Waals surface area contributed by atoms with Gasteiger partial charge in [0.15, 0.2) is 12.4 Å². The van der Waals surface area contributed by atoms with Gasteiger partial charge in [0.2, 0.25) is 10.0 Å². The van der Waals surface area contributed by atoms with Crippen LogP contribution in [0.2, 0.25) is 0 Å². The van der Waals surface area contributed by atoms with E-state index in [0.717, 1.165) is 0 Å². The van der Waals surface area contributed by atoms with Gasteiger partial charge in [-0.2, -0.15) is 10.1 Å². The second kappa shape index (κ2) is 10.4. The van der Waals surface area contributed by atoms with Crippen molar-refractivity contribution in [1.29, 1.82) is 5.26 Å². The van der Waals surface area contributed by atoms with Gasteiger partial charge < -0.3 is 15.1 Å². The monoisotopic (exact) mass is 434 g/mol. The summed E-state index contributed by atoms with van der Waals surface area (Å²) in [6.45, 7) is -0.671. The number of rotatable bonds is 11. The minimum Gasteiger partial charge on any atom is -0.481 e. The Morgan fingerprint density at radius 1 is 1.07 bits per heavy atom. The Labute approximate surface area is 172 Å². The molecule has 0 saturated carbocycles. The summed E-state index contributed by atoms with van der Waals surface area (Å²) in [5, 5.41) is 26.4. The summed E-state index contributed by atoms with van der Waals surface area (Å²) < 4.78 is 27.0. The van der Waals surface area contributed by atoms with Crippen LogP contribution in [0.5, 0.6) is 5.75 Å². The number of hydrogen-bond donors (Lipinski definition) is 3. The van der Waals surface area contributed by atoms with Crippen molar-refractivity contribution >= 4 is 22.0 Å². The molecule has 0 fully saturated rings. The van der Waals surface area contributed by atoms with Crippen molar-refractivity contribution in [2.24, 2.45) is 0 Å². The molecule has 158 valence electrons. The minimum atomic E-state index is -3.77. The van der Waals surface area contributed by atoms with Crippen LogP contribution in [0.4, 0.5) is 0 Å². The van der Waals surface area contributed by atoms with E-state index in [-0.39, 0.29) is 29.2 Å². The van der Waals surface area contributed by atoms with Crippen molar-refractivity contribution in [2.75, 3.05) is 13.2 Å². The molecule has 0 spiro atoms.